The molecule has 1 aromatic carbocycles. The van der Waals surface area contributed by atoms with Crippen LogP contribution in [0, 0.1) is 0 Å². The summed E-state index contributed by atoms with van der Waals surface area (Å²) in [6, 6.07) is 9.21. The summed E-state index contributed by atoms with van der Waals surface area (Å²) in [5.74, 6) is 1.44. The SMILES string of the molecule is COc1cccc(CCC(=O)c2cccnc2)c1OC. The normalized spacial score (nSPS) is 10.1. The standard InChI is InChI=1S/C16H17NO3/c1-19-15-7-3-5-12(16(15)20-2)8-9-14(18)13-6-4-10-17-11-13/h3-7,10-11H,8-9H2,1-2H3. The van der Waals surface area contributed by atoms with Gasteiger partial charge in [-0.2, -0.15) is 0 Å². The number of methoxy groups -OCH3 is 2. The monoisotopic (exact) mass is 271 g/mol. The summed E-state index contributed by atoms with van der Waals surface area (Å²) in [7, 11) is 3.20. The molecule has 0 aliphatic rings. The zero-order valence-electron chi connectivity index (χ0n) is 11.6. The average Bonchev–Trinajstić information content (AvgIpc) is 2.52. The second-order valence-corrected chi connectivity index (χ2v) is 4.32. The Balaban J connectivity index is 2.10. The first-order valence-corrected chi connectivity index (χ1v) is 6.39. The lowest BCUT2D eigenvalue weighted by atomic mass is 10.0. The minimum Gasteiger partial charge on any atom is -0.493 e. The van der Waals surface area contributed by atoms with E-state index in [1.165, 1.54) is 0 Å². The molecule has 0 bridgehead atoms. The van der Waals surface area contributed by atoms with Crippen LogP contribution in [0.3, 0.4) is 0 Å². The maximum atomic E-state index is 12.1. The first kappa shape index (κ1) is 14.1. The van der Waals surface area contributed by atoms with Crippen molar-refractivity contribution in [1.82, 2.24) is 4.98 Å². The lowest BCUT2D eigenvalue weighted by Crippen LogP contribution is -2.03. The molecule has 1 aromatic heterocycles. The van der Waals surface area contributed by atoms with Crippen LogP contribution in [0.15, 0.2) is 42.7 Å². The van der Waals surface area contributed by atoms with Crippen LogP contribution in [0.25, 0.3) is 0 Å². The Bertz CT molecular complexity index is 582. The molecule has 0 aliphatic carbocycles. The van der Waals surface area contributed by atoms with Crippen molar-refractivity contribution in [2.75, 3.05) is 14.2 Å². The number of Topliss-reactive ketones (excluding diaryl/α,β-unsaturated/α-hetero) is 1. The minimum atomic E-state index is 0.0722. The van der Waals surface area contributed by atoms with Gasteiger partial charge in [0.05, 0.1) is 14.2 Å². The predicted octanol–water partition coefficient (Wildman–Crippen LogP) is 2.91. The predicted molar refractivity (Wildman–Crippen MR) is 76.4 cm³/mol. The number of para-hydroxylation sites is 1. The molecule has 0 saturated heterocycles. The van der Waals surface area contributed by atoms with Crippen molar-refractivity contribution in [3.05, 3.63) is 53.9 Å². The molecular formula is C16H17NO3. The highest BCUT2D eigenvalue weighted by atomic mass is 16.5. The molecular weight excluding hydrogens is 254 g/mol. The minimum absolute atomic E-state index is 0.0722. The fraction of sp³-hybridized carbons (Fsp3) is 0.250. The maximum absolute atomic E-state index is 12.1. The number of nitrogens with zero attached hydrogens (tertiary/aromatic N) is 1. The highest BCUT2D eigenvalue weighted by Gasteiger charge is 2.12. The summed E-state index contributed by atoms with van der Waals surface area (Å²) in [5.41, 5.74) is 1.60. The van der Waals surface area contributed by atoms with Crippen molar-refractivity contribution in [3.63, 3.8) is 0 Å². The van der Waals surface area contributed by atoms with Crippen molar-refractivity contribution in [2.24, 2.45) is 0 Å². The number of carbonyl (C=O) groups is 1. The van der Waals surface area contributed by atoms with Gasteiger partial charge in [0.2, 0.25) is 0 Å². The van der Waals surface area contributed by atoms with Crippen LogP contribution in [0.5, 0.6) is 11.5 Å². The fourth-order valence-electron chi connectivity index (χ4n) is 2.07. The van der Waals surface area contributed by atoms with Gasteiger partial charge < -0.3 is 9.47 Å². The molecule has 2 aromatic rings. The molecule has 4 heteroatoms. The number of benzene rings is 1. The Morgan fingerprint density at radius 1 is 1.15 bits per heavy atom. The van der Waals surface area contributed by atoms with Gasteiger partial charge in [-0.25, -0.2) is 0 Å². The Morgan fingerprint density at radius 3 is 2.65 bits per heavy atom. The number of carbonyl (C=O) groups excluding carboxylic acids is 1. The van der Waals surface area contributed by atoms with E-state index in [0.717, 1.165) is 5.56 Å². The number of pyridine rings is 1. The summed E-state index contributed by atoms with van der Waals surface area (Å²) >= 11 is 0. The smallest absolute Gasteiger partial charge is 0.164 e. The van der Waals surface area contributed by atoms with Gasteiger partial charge in [-0.05, 0) is 30.2 Å². The van der Waals surface area contributed by atoms with E-state index in [2.05, 4.69) is 4.98 Å². The van der Waals surface area contributed by atoms with Crippen LogP contribution >= 0.6 is 0 Å². The van der Waals surface area contributed by atoms with E-state index in [4.69, 9.17) is 9.47 Å². The number of rotatable bonds is 6. The summed E-state index contributed by atoms with van der Waals surface area (Å²) < 4.78 is 10.6. The van der Waals surface area contributed by atoms with Crippen LogP contribution in [0.4, 0.5) is 0 Å². The van der Waals surface area contributed by atoms with Gasteiger partial charge >= 0.3 is 0 Å². The Hall–Kier alpha value is -2.36. The quantitative estimate of drug-likeness (QED) is 0.758. The molecule has 0 N–H and O–H groups in total. The first-order valence-electron chi connectivity index (χ1n) is 6.39. The molecule has 0 unspecified atom stereocenters. The number of aromatic nitrogens is 1. The van der Waals surface area contributed by atoms with Gasteiger partial charge in [-0.3, -0.25) is 9.78 Å². The molecule has 104 valence electrons. The van der Waals surface area contributed by atoms with Crippen molar-refractivity contribution in [2.45, 2.75) is 12.8 Å². The lowest BCUT2D eigenvalue weighted by Gasteiger charge is -2.12. The van der Waals surface area contributed by atoms with E-state index in [9.17, 15) is 4.79 Å². The van der Waals surface area contributed by atoms with E-state index in [1.807, 2.05) is 18.2 Å². The zero-order chi connectivity index (χ0) is 14.4. The third-order valence-corrected chi connectivity index (χ3v) is 3.09. The molecule has 0 atom stereocenters. The highest BCUT2D eigenvalue weighted by Crippen LogP contribution is 2.31. The third kappa shape index (κ3) is 3.15. The number of aryl methyl sites for hydroxylation is 1. The maximum Gasteiger partial charge on any atom is 0.164 e. The second-order valence-electron chi connectivity index (χ2n) is 4.32. The van der Waals surface area contributed by atoms with Crippen molar-refractivity contribution in [3.8, 4) is 11.5 Å². The van der Waals surface area contributed by atoms with Crippen molar-refractivity contribution < 1.29 is 14.3 Å². The number of hydrogen-bond donors (Lipinski definition) is 0. The number of ether oxygens (including phenoxy) is 2. The Labute approximate surface area is 118 Å². The molecule has 20 heavy (non-hydrogen) atoms. The lowest BCUT2D eigenvalue weighted by molar-refractivity contribution is 0.0982. The summed E-state index contributed by atoms with van der Waals surface area (Å²) in [5, 5.41) is 0. The van der Waals surface area contributed by atoms with Crippen LogP contribution in [0.2, 0.25) is 0 Å². The largest absolute Gasteiger partial charge is 0.493 e. The highest BCUT2D eigenvalue weighted by molar-refractivity contribution is 5.95. The van der Waals surface area contributed by atoms with Gasteiger partial charge in [-0.15, -0.1) is 0 Å². The first-order chi connectivity index (χ1) is 9.76. The van der Waals surface area contributed by atoms with Crippen LogP contribution < -0.4 is 9.47 Å². The van der Waals surface area contributed by atoms with Crippen LogP contribution in [-0.4, -0.2) is 25.0 Å². The van der Waals surface area contributed by atoms with Crippen LogP contribution in [-0.2, 0) is 6.42 Å². The van der Waals surface area contributed by atoms with Gasteiger partial charge in [0.1, 0.15) is 0 Å². The van der Waals surface area contributed by atoms with E-state index < -0.39 is 0 Å². The zero-order valence-corrected chi connectivity index (χ0v) is 11.6. The molecule has 2 rings (SSSR count). The molecule has 1 heterocycles. The third-order valence-electron chi connectivity index (χ3n) is 3.09. The van der Waals surface area contributed by atoms with E-state index in [0.29, 0.717) is 29.9 Å². The second kappa shape index (κ2) is 6.70. The number of ketones is 1. The fourth-order valence-corrected chi connectivity index (χ4v) is 2.07. The van der Waals surface area contributed by atoms with Gasteiger partial charge in [0, 0.05) is 24.4 Å². The van der Waals surface area contributed by atoms with Gasteiger partial charge in [-0.1, -0.05) is 12.1 Å². The molecule has 0 radical (unpaired) electrons. The Morgan fingerprint density at radius 2 is 2.00 bits per heavy atom. The molecule has 0 saturated carbocycles. The summed E-state index contributed by atoms with van der Waals surface area (Å²) in [4.78, 5) is 16.0. The molecule has 0 amide bonds. The van der Waals surface area contributed by atoms with Gasteiger partial charge in [0.15, 0.2) is 17.3 Å². The van der Waals surface area contributed by atoms with E-state index >= 15 is 0 Å². The van der Waals surface area contributed by atoms with Gasteiger partial charge in [0.25, 0.3) is 0 Å². The summed E-state index contributed by atoms with van der Waals surface area (Å²) in [6.07, 6.45) is 4.26. The molecule has 0 fully saturated rings. The van der Waals surface area contributed by atoms with E-state index in [-0.39, 0.29) is 5.78 Å². The molecule has 0 aliphatic heterocycles. The van der Waals surface area contributed by atoms with Crippen LogP contribution in [0.1, 0.15) is 22.3 Å². The topological polar surface area (TPSA) is 48.4 Å². The number of hydrogen-bond acceptors (Lipinski definition) is 4. The molecule has 4 nitrogen and oxygen atoms in total. The van der Waals surface area contributed by atoms with Crippen molar-refractivity contribution in [1.29, 1.82) is 0 Å². The van der Waals surface area contributed by atoms with E-state index in [1.54, 1.807) is 38.7 Å². The Kier molecular flexibility index (Phi) is 4.71. The van der Waals surface area contributed by atoms with Crippen molar-refractivity contribution >= 4 is 5.78 Å². The summed E-state index contributed by atoms with van der Waals surface area (Å²) in [6.45, 7) is 0. The molecule has 0 spiro atoms. The average molecular weight is 271 g/mol.